The molecule has 1 amide bonds. The van der Waals surface area contributed by atoms with E-state index in [1.165, 1.54) is 6.07 Å². The maximum atomic E-state index is 12.7. The van der Waals surface area contributed by atoms with Crippen molar-refractivity contribution in [1.82, 2.24) is 10.2 Å². The van der Waals surface area contributed by atoms with E-state index < -0.39 is 10.0 Å². The van der Waals surface area contributed by atoms with E-state index in [1.54, 1.807) is 17.0 Å². The number of benzene rings is 1. The van der Waals surface area contributed by atoms with E-state index in [4.69, 9.17) is 5.14 Å². The summed E-state index contributed by atoms with van der Waals surface area (Å²) >= 11 is 0. The number of nitrogens with zero attached hydrogens (tertiary/aromatic N) is 1. The number of amides is 1. The number of nitrogens with two attached hydrogens (primary N) is 1. The van der Waals surface area contributed by atoms with Crippen molar-refractivity contribution in [2.75, 3.05) is 19.6 Å². The Morgan fingerprint density at radius 3 is 2.62 bits per heavy atom. The summed E-state index contributed by atoms with van der Waals surface area (Å²) in [5.74, 6) is -0.294. The summed E-state index contributed by atoms with van der Waals surface area (Å²) < 4.78 is 23.3. The van der Waals surface area contributed by atoms with Crippen LogP contribution in [0.5, 0.6) is 0 Å². The molecule has 0 unspecified atom stereocenters. The highest BCUT2D eigenvalue weighted by atomic mass is 32.2. The van der Waals surface area contributed by atoms with Crippen LogP contribution < -0.4 is 10.5 Å². The minimum atomic E-state index is -3.93. The van der Waals surface area contributed by atoms with E-state index in [1.807, 2.05) is 20.8 Å². The molecule has 1 aromatic rings. The van der Waals surface area contributed by atoms with Gasteiger partial charge in [-0.2, -0.15) is 0 Å². The van der Waals surface area contributed by atoms with E-state index in [0.29, 0.717) is 19.6 Å². The van der Waals surface area contributed by atoms with Gasteiger partial charge in [0.25, 0.3) is 5.91 Å². The fraction of sp³-hybridized carbons (Fsp3) is 0.500. The number of hydrogen-bond acceptors (Lipinski definition) is 4. The molecule has 116 valence electrons. The van der Waals surface area contributed by atoms with Gasteiger partial charge in [0.1, 0.15) is 0 Å². The quantitative estimate of drug-likeness (QED) is 0.830. The lowest BCUT2D eigenvalue weighted by molar-refractivity contribution is 0.0648. The third-order valence-corrected chi connectivity index (χ3v) is 4.50. The zero-order chi connectivity index (χ0) is 15.8. The largest absolute Gasteiger partial charge is 0.336 e. The minimum absolute atomic E-state index is 0.116. The lowest BCUT2D eigenvalue weighted by atomic mass is 10.0. The number of aryl methyl sites for hydroxylation is 1. The Morgan fingerprint density at radius 1 is 1.38 bits per heavy atom. The van der Waals surface area contributed by atoms with Crippen molar-refractivity contribution in [3.05, 3.63) is 29.3 Å². The predicted molar refractivity (Wildman–Crippen MR) is 80.5 cm³/mol. The number of hydrogen-bond donors (Lipinski definition) is 2. The van der Waals surface area contributed by atoms with Gasteiger partial charge in [-0.1, -0.05) is 11.6 Å². The number of nitrogens with one attached hydrogen (secondary N) is 1. The Labute approximate surface area is 125 Å². The van der Waals surface area contributed by atoms with Crippen molar-refractivity contribution in [2.24, 2.45) is 5.14 Å². The number of carbonyl (C=O) groups is 1. The van der Waals surface area contributed by atoms with Crippen LogP contribution in [0.1, 0.15) is 29.8 Å². The first kappa shape index (κ1) is 15.9. The molecule has 1 aromatic carbocycles. The van der Waals surface area contributed by atoms with Crippen LogP contribution in [0.3, 0.4) is 0 Å². The van der Waals surface area contributed by atoms with Crippen molar-refractivity contribution >= 4 is 15.9 Å². The number of rotatable bonds is 2. The van der Waals surface area contributed by atoms with E-state index in [2.05, 4.69) is 5.32 Å². The van der Waals surface area contributed by atoms with Gasteiger partial charge >= 0.3 is 0 Å². The number of primary sulfonamides is 1. The highest BCUT2D eigenvalue weighted by molar-refractivity contribution is 7.89. The summed E-state index contributed by atoms with van der Waals surface area (Å²) in [7, 11) is -3.93. The van der Waals surface area contributed by atoms with Gasteiger partial charge in [-0.05, 0) is 32.9 Å². The van der Waals surface area contributed by atoms with Crippen LogP contribution >= 0.6 is 0 Å². The SMILES string of the molecule is Cc1ccc(S(N)(=O)=O)c(C(=O)N2CCNC(C)(C)C2)c1. The van der Waals surface area contributed by atoms with Crippen LogP contribution in [-0.4, -0.2) is 44.4 Å². The first-order valence-electron chi connectivity index (χ1n) is 6.78. The van der Waals surface area contributed by atoms with Crippen molar-refractivity contribution in [1.29, 1.82) is 0 Å². The Balaban J connectivity index is 2.41. The first-order valence-corrected chi connectivity index (χ1v) is 8.32. The molecule has 0 atom stereocenters. The average Bonchev–Trinajstić information content (AvgIpc) is 2.35. The molecule has 1 aliphatic rings. The minimum Gasteiger partial charge on any atom is -0.336 e. The van der Waals surface area contributed by atoms with Gasteiger partial charge in [0.05, 0.1) is 10.5 Å². The third kappa shape index (κ3) is 3.61. The zero-order valence-electron chi connectivity index (χ0n) is 12.5. The van der Waals surface area contributed by atoms with Gasteiger partial charge in [-0.3, -0.25) is 4.79 Å². The molecule has 1 aliphatic heterocycles. The summed E-state index contributed by atoms with van der Waals surface area (Å²) in [5.41, 5.74) is 0.773. The van der Waals surface area contributed by atoms with Gasteiger partial charge in [0.2, 0.25) is 10.0 Å². The van der Waals surface area contributed by atoms with E-state index in [0.717, 1.165) is 5.56 Å². The van der Waals surface area contributed by atoms with Crippen molar-refractivity contribution in [3.63, 3.8) is 0 Å². The molecule has 0 aliphatic carbocycles. The topological polar surface area (TPSA) is 92.5 Å². The fourth-order valence-corrected chi connectivity index (χ4v) is 3.25. The summed E-state index contributed by atoms with van der Waals surface area (Å²) in [5, 5.41) is 8.53. The molecule has 0 bridgehead atoms. The van der Waals surface area contributed by atoms with E-state index in [-0.39, 0.29) is 21.9 Å². The Bertz CT molecular complexity index is 668. The highest BCUT2D eigenvalue weighted by Gasteiger charge is 2.31. The van der Waals surface area contributed by atoms with Crippen LogP contribution in [0.2, 0.25) is 0 Å². The van der Waals surface area contributed by atoms with Crippen LogP contribution in [0.15, 0.2) is 23.1 Å². The van der Waals surface area contributed by atoms with Gasteiger partial charge < -0.3 is 10.2 Å². The third-order valence-electron chi connectivity index (χ3n) is 3.53. The second-order valence-corrected chi connectivity index (χ2v) is 7.61. The standard InChI is InChI=1S/C14H21N3O3S/c1-10-4-5-12(21(15,19)20)11(8-10)13(18)17-7-6-16-14(2,3)9-17/h4-5,8,16H,6-7,9H2,1-3H3,(H2,15,19,20). The number of sulfonamides is 1. The monoisotopic (exact) mass is 311 g/mol. The molecule has 1 fully saturated rings. The molecular weight excluding hydrogens is 290 g/mol. The molecular formula is C14H21N3O3S. The summed E-state index contributed by atoms with van der Waals surface area (Å²) in [6, 6.07) is 4.61. The molecule has 21 heavy (non-hydrogen) atoms. The lowest BCUT2D eigenvalue weighted by Gasteiger charge is -2.39. The normalized spacial score (nSPS) is 18.6. The fourth-order valence-electron chi connectivity index (χ4n) is 2.54. The van der Waals surface area contributed by atoms with Crippen LogP contribution in [0.25, 0.3) is 0 Å². The molecule has 1 heterocycles. The average molecular weight is 311 g/mol. The van der Waals surface area contributed by atoms with Crippen molar-refractivity contribution < 1.29 is 13.2 Å². The van der Waals surface area contributed by atoms with E-state index in [9.17, 15) is 13.2 Å². The predicted octanol–water partition coefficient (Wildman–Crippen LogP) is 0.466. The second-order valence-electron chi connectivity index (χ2n) is 6.08. The zero-order valence-corrected chi connectivity index (χ0v) is 13.3. The van der Waals surface area contributed by atoms with Crippen LogP contribution in [0, 0.1) is 6.92 Å². The van der Waals surface area contributed by atoms with Gasteiger partial charge in [-0.15, -0.1) is 0 Å². The molecule has 0 aromatic heterocycles. The Hall–Kier alpha value is -1.44. The van der Waals surface area contributed by atoms with Crippen LogP contribution in [0.4, 0.5) is 0 Å². The lowest BCUT2D eigenvalue weighted by Crippen LogP contribution is -2.58. The van der Waals surface area contributed by atoms with E-state index >= 15 is 0 Å². The van der Waals surface area contributed by atoms with Crippen molar-refractivity contribution in [2.45, 2.75) is 31.2 Å². The molecule has 0 radical (unpaired) electrons. The molecule has 6 nitrogen and oxygen atoms in total. The summed E-state index contributed by atoms with van der Waals surface area (Å²) in [6.45, 7) is 7.55. The summed E-state index contributed by atoms with van der Waals surface area (Å²) in [4.78, 5) is 14.2. The van der Waals surface area contributed by atoms with Gasteiger partial charge in [0, 0.05) is 25.2 Å². The second kappa shape index (κ2) is 5.40. The molecule has 7 heteroatoms. The maximum absolute atomic E-state index is 12.7. The highest BCUT2D eigenvalue weighted by Crippen LogP contribution is 2.20. The van der Waals surface area contributed by atoms with Gasteiger partial charge in [0.15, 0.2) is 0 Å². The first-order chi connectivity index (χ1) is 9.60. The molecule has 0 saturated carbocycles. The number of carbonyl (C=O) groups excluding carboxylic acids is 1. The molecule has 3 N–H and O–H groups in total. The van der Waals surface area contributed by atoms with Crippen LogP contribution in [-0.2, 0) is 10.0 Å². The summed E-state index contributed by atoms with van der Waals surface area (Å²) in [6.07, 6.45) is 0. The Kier molecular flexibility index (Phi) is 4.10. The smallest absolute Gasteiger partial charge is 0.255 e. The molecule has 0 spiro atoms. The molecule has 1 saturated heterocycles. The maximum Gasteiger partial charge on any atom is 0.255 e. The molecule has 2 rings (SSSR count). The Morgan fingerprint density at radius 2 is 2.05 bits per heavy atom. The number of piperazine rings is 1. The van der Waals surface area contributed by atoms with Crippen molar-refractivity contribution in [3.8, 4) is 0 Å². The van der Waals surface area contributed by atoms with Gasteiger partial charge in [-0.25, -0.2) is 13.6 Å².